The van der Waals surface area contributed by atoms with E-state index in [4.69, 9.17) is 4.42 Å². The predicted octanol–water partition coefficient (Wildman–Crippen LogP) is 5.83. The number of anilines is 1. The molecular formula is C25H17BrN2O5. The number of nitrogens with zero attached hydrogens (tertiary/aromatic N) is 2. The van der Waals surface area contributed by atoms with Crippen molar-refractivity contribution in [2.24, 2.45) is 0 Å². The summed E-state index contributed by atoms with van der Waals surface area (Å²) in [7, 11) is 0. The number of amides is 1. The van der Waals surface area contributed by atoms with Crippen LogP contribution in [-0.4, -0.2) is 10.8 Å². The molecule has 2 heterocycles. The molecule has 5 rings (SSSR count). The number of nitro groups is 1. The number of carbonyl (C=O) groups is 1. The summed E-state index contributed by atoms with van der Waals surface area (Å²) in [6.45, 7) is 3.81. The van der Waals surface area contributed by atoms with Crippen LogP contribution >= 0.6 is 15.9 Å². The van der Waals surface area contributed by atoms with E-state index in [1.807, 2.05) is 19.9 Å². The van der Waals surface area contributed by atoms with Gasteiger partial charge in [-0.3, -0.25) is 24.6 Å². The van der Waals surface area contributed by atoms with Gasteiger partial charge in [-0.05, 0) is 60.9 Å². The van der Waals surface area contributed by atoms with E-state index >= 15 is 0 Å². The minimum absolute atomic E-state index is 0.0489. The minimum atomic E-state index is -0.871. The zero-order valence-electron chi connectivity index (χ0n) is 17.7. The molecule has 0 fully saturated rings. The van der Waals surface area contributed by atoms with Gasteiger partial charge in [0.05, 0.1) is 21.9 Å². The van der Waals surface area contributed by atoms with Crippen LogP contribution in [0.1, 0.15) is 38.9 Å². The summed E-state index contributed by atoms with van der Waals surface area (Å²) in [6, 6.07) is 15.7. The summed E-state index contributed by atoms with van der Waals surface area (Å²) < 4.78 is 6.76. The van der Waals surface area contributed by atoms with E-state index < -0.39 is 16.9 Å². The normalized spacial score (nSPS) is 15.2. The summed E-state index contributed by atoms with van der Waals surface area (Å²) in [5.74, 6) is -0.524. The van der Waals surface area contributed by atoms with Crippen molar-refractivity contribution >= 4 is 44.2 Å². The zero-order valence-corrected chi connectivity index (χ0v) is 19.3. The van der Waals surface area contributed by atoms with Gasteiger partial charge in [-0.25, -0.2) is 0 Å². The molecule has 0 aliphatic carbocycles. The van der Waals surface area contributed by atoms with E-state index in [9.17, 15) is 19.7 Å². The summed E-state index contributed by atoms with van der Waals surface area (Å²) in [4.78, 5) is 39.7. The van der Waals surface area contributed by atoms with Gasteiger partial charge in [-0.1, -0.05) is 34.1 Å². The molecule has 1 aromatic heterocycles. The summed E-state index contributed by atoms with van der Waals surface area (Å²) in [5.41, 5.74) is 2.92. The number of hydrogen-bond acceptors (Lipinski definition) is 5. The quantitative estimate of drug-likeness (QED) is 0.258. The van der Waals surface area contributed by atoms with Crippen LogP contribution < -0.4 is 10.3 Å². The molecule has 8 heteroatoms. The third-order valence-corrected chi connectivity index (χ3v) is 6.46. The summed E-state index contributed by atoms with van der Waals surface area (Å²) in [6.07, 6.45) is 0. The van der Waals surface area contributed by atoms with Crippen molar-refractivity contribution in [2.75, 3.05) is 4.90 Å². The molecule has 0 radical (unpaired) electrons. The van der Waals surface area contributed by atoms with Gasteiger partial charge in [-0.2, -0.15) is 0 Å². The fourth-order valence-corrected chi connectivity index (χ4v) is 4.63. The Kier molecular flexibility index (Phi) is 4.90. The fraction of sp³-hybridized carbons (Fsp3) is 0.120. The van der Waals surface area contributed by atoms with E-state index in [0.29, 0.717) is 22.2 Å². The molecular weight excluding hydrogens is 488 g/mol. The van der Waals surface area contributed by atoms with Crippen LogP contribution in [0.15, 0.2) is 74.3 Å². The summed E-state index contributed by atoms with van der Waals surface area (Å²) in [5, 5.41) is 11.8. The molecule has 0 N–H and O–H groups in total. The highest BCUT2D eigenvalue weighted by Crippen LogP contribution is 2.42. The van der Waals surface area contributed by atoms with Crippen molar-refractivity contribution in [3.63, 3.8) is 0 Å². The predicted molar refractivity (Wildman–Crippen MR) is 128 cm³/mol. The minimum Gasteiger partial charge on any atom is -0.450 e. The molecule has 0 saturated heterocycles. The zero-order chi connectivity index (χ0) is 23.4. The lowest BCUT2D eigenvalue weighted by Crippen LogP contribution is -2.29. The Morgan fingerprint density at radius 3 is 2.45 bits per heavy atom. The molecule has 33 heavy (non-hydrogen) atoms. The molecule has 0 bridgehead atoms. The smallest absolute Gasteiger partial charge is 0.295 e. The number of nitro benzene ring substituents is 1. The van der Waals surface area contributed by atoms with Crippen LogP contribution in [0.2, 0.25) is 0 Å². The molecule has 1 aliphatic heterocycles. The average Bonchev–Trinajstić information content (AvgIpc) is 3.08. The van der Waals surface area contributed by atoms with Crippen molar-refractivity contribution < 1.29 is 14.1 Å². The third kappa shape index (κ3) is 3.34. The number of aryl methyl sites for hydroxylation is 2. The largest absolute Gasteiger partial charge is 0.450 e. The first-order valence-electron chi connectivity index (χ1n) is 10.2. The third-order valence-electron chi connectivity index (χ3n) is 5.97. The van der Waals surface area contributed by atoms with Crippen LogP contribution in [0.25, 0.3) is 11.0 Å². The number of rotatable bonds is 3. The van der Waals surface area contributed by atoms with Gasteiger partial charge in [0.15, 0.2) is 5.43 Å². The first-order chi connectivity index (χ1) is 15.8. The van der Waals surface area contributed by atoms with E-state index in [2.05, 4.69) is 15.9 Å². The second-order valence-corrected chi connectivity index (χ2v) is 8.93. The number of non-ortho nitro benzene ring substituents is 1. The maximum atomic E-state index is 13.7. The van der Waals surface area contributed by atoms with E-state index in [0.717, 1.165) is 15.6 Å². The maximum absolute atomic E-state index is 13.7. The van der Waals surface area contributed by atoms with Crippen molar-refractivity contribution in [1.29, 1.82) is 0 Å². The van der Waals surface area contributed by atoms with Gasteiger partial charge >= 0.3 is 0 Å². The van der Waals surface area contributed by atoms with Crippen molar-refractivity contribution in [1.82, 2.24) is 0 Å². The molecule has 1 aliphatic rings. The van der Waals surface area contributed by atoms with Crippen molar-refractivity contribution in [2.45, 2.75) is 19.9 Å². The lowest BCUT2D eigenvalue weighted by atomic mass is 9.97. The van der Waals surface area contributed by atoms with E-state index in [-0.39, 0.29) is 22.4 Å². The Labute approximate surface area is 196 Å². The Morgan fingerprint density at radius 1 is 1.00 bits per heavy atom. The van der Waals surface area contributed by atoms with Gasteiger partial charge < -0.3 is 4.42 Å². The van der Waals surface area contributed by atoms with Gasteiger partial charge in [0.2, 0.25) is 5.76 Å². The number of fused-ring (bicyclic) bond motifs is 2. The molecule has 1 unspecified atom stereocenters. The van der Waals surface area contributed by atoms with Gasteiger partial charge in [0.1, 0.15) is 5.58 Å². The molecule has 1 atom stereocenters. The maximum Gasteiger partial charge on any atom is 0.295 e. The SMILES string of the molecule is Cc1cc2oc3c(c(=O)c2cc1C)C(c1cccc([N+](=O)[O-])c1)N(c1cccc(Br)c1)C3=O. The van der Waals surface area contributed by atoms with Crippen LogP contribution in [0.5, 0.6) is 0 Å². The van der Waals surface area contributed by atoms with Crippen LogP contribution in [0.3, 0.4) is 0 Å². The molecule has 0 saturated carbocycles. The first-order valence-corrected chi connectivity index (χ1v) is 11.0. The number of hydrogen-bond donors (Lipinski definition) is 0. The molecule has 0 spiro atoms. The average molecular weight is 505 g/mol. The summed E-state index contributed by atoms with van der Waals surface area (Å²) >= 11 is 3.42. The highest BCUT2D eigenvalue weighted by molar-refractivity contribution is 9.10. The molecule has 164 valence electrons. The topological polar surface area (TPSA) is 93.7 Å². The Morgan fingerprint density at radius 2 is 1.73 bits per heavy atom. The lowest BCUT2D eigenvalue weighted by Gasteiger charge is -2.25. The van der Waals surface area contributed by atoms with E-state index in [1.165, 1.54) is 17.0 Å². The van der Waals surface area contributed by atoms with Gasteiger partial charge in [-0.15, -0.1) is 0 Å². The fourth-order valence-electron chi connectivity index (χ4n) is 4.24. The van der Waals surface area contributed by atoms with Crippen molar-refractivity contribution in [3.8, 4) is 0 Å². The Hall–Kier alpha value is -3.78. The Balaban J connectivity index is 1.84. The molecule has 1 amide bonds. The van der Waals surface area contributed by atoms with Crippen LogP contribution in [0.4, 0.5) is 11.4 Å². The van der Waals surface area contributed by atoms with Crippen LogP contribution in [-0.2, 0) is 0 Å². The number of carbonyl (C=O) groups excluding carboxylic acids is 1. The molecule has 7 nitrogen and oxygen atoms in total. The van der Waals surface area contributed by atoms with Crippen LogP contribution in [0, 0.1) is 24.0 Å². The highest BCUT2D eigenvalue weighted by Gasteiger charge is 2.44. The second-order valence-electron chi connectivity index (χ2n) is 8.02. The highest BCUT2D eigenvalue weighted by atomic mass is 79.9. The number of halogens is 1. The molecule has 3 aromatic carbocycles. The first kappa shape index (κ1) is 21.1. The standard InChI is InChI=1S/C25H17BrN2O5/c1-13-9-19-20(10-14(13)2)33-24-21(23(19)29)22(15-5-3-8-18(11-15)28(31)32)27(25(24)30)17-7-4-6-16(26)12-17/h3-12,22H,1-2H3. The Bertz CT molecular complexity index is 1540. The van der Waals surface area contributed by atoms with Gasteiger partial charge in [0.25, 0.3) is 11.6 Å². The second kappa shape index (κ2) is 7.67. The van der Waals surface area contributed by atoms with Crippen molar-refractivity contribution in [3.05, 3.63) is 113 Å². The molecule has 4 aromatic rings. The van der Waals surface area contributed by atoms with Gasteiger partial charge in [0, 0.05) is 22.3 Å². The number of benzene rings is 3. The lowest BCUT2D eigenvalue weighted by molar-refractivity contribution is -0.384. The van der Waals surface area contributed by atoms with E-state index in [1.54, 1.807) is 42.5 Å². The monoisotopic (exact) mass is 504 g/mol.